The van der Waals surface area contributed by atoms with E-state index < -0.39 is 0 Å². The van der Waals surface area contributed by atoms with Crippen LogP contribution < -0.4 is 5.32 Å². The van der Waals surface area contributed by atoms with E-state index in [2.05, 4.69) is 59.9 Å². The number of piperazine rings is 1. The summed E-state index contributed by atoms with van der Waals surface area (Å²) in [5, 5.41) is 3.65. The molecule has 0 spiro atoms. The van der Waals surface area contributed by atoms with Crippen LogP contribution in [-0.2, 0) is 6.54 Å². The average molecular weight is 286 g/mol. The van der Waals surface area contributed by atoms with Crippen molar-refractivity contribution in [3.63, 3.8) is 0 Å². The molecule has 0 radical (unpaired) electrons. The Morgan fingerprint density at radius 2 is 2.10 bits per heavy atom. The van der Waals surface area contributed by atoms with Gasteiger partial charge in [-0.1, -0.05) is 19.9 Å². The number of fused-ring (bicyclic) bond motifs is 1. The molecular weight excluding hydrogens is 260 g/mol. The van der Waals surface area contributed by atoms with E-state index in [1.165, 1.54) is 24.1 Å². The maximum Gasteiger partial charge on any atom is 0.137 e. The summed E-state index contributed by atoms with van der Waals surface area (Å²) in [6.45, 7) is 9.84. The van der Waals surface area contributed by atoms with Crippen LogP contribution >= 0.6 is 0 Å². The summed E-state index contributed by atoms with van der Waals surface area (Å²) < 4.78 is 2.14. The molecule has 1 fully saturated rings. The fraction of sp³-hybridized carbons (Fsp3) is 0.588. The molecule has 4 heteroatoms. The Hall–Kier alpha value is -1.39. The predicted molar refractivity (Wildman–Crippen MR) is 86.5 cm³/mol. The Morgan fingerprint density at radius 3 is 2.86 bits per heavy atom. The van der Waals surface area contributed by atoms with Crippen LogP contribution in [0.15, 0.2) is 24.5 Å². The summed E-state index contributed by atoms with van der Waals surface area (Å²) in [5.74, 6) is 0. The lowest BCUT2D eigenvalue weighted by Gasteiger charge is -2.39. The highest BCUT2D eigenvalue weighted by Gasteiger charge is 2.26. The van der Waals surface area contributed by atoms with Gasteiger partial charge in [-0.25, -0.2) is 4.98 Å². The van der Waals surface area contributed by atoms with Crippen LogP contribution in [0.4, 0.5) is 0 Å². The van der Waals surface area contributed by atoms with Gasteiger partial charge in [0, 0.05) is 44.1 Å². The molecule has 2 aromatic heterocycles. The van der Waals surface area contributed by atoms with Crippen molar-refractivity contribution in [2.75, 3.05) is 13.1 Å². The van der Waals surface area contributed by atoms with Crippen molar-refractivity contribution in [3.8, 4) is 0 Å². The number of aryl methyl sites for hydroxylation is 1. The first-order chi connectivity index (χ1) is 10.2. The van der Waals surface area contributed by atoms with Gasteiger partial charge in [0.05, 0.1) is 5.69 Å². The Labute approximate surface area is 127 Å². The van der Waals surface area contributed by atoms with Crippen molar-refractivity contribution in [1.29, 1.82) is 0 Å². The molecule has 2 unspecified atom stereocenters. The zero-order chi connectivity index (χ0) is 14.8. The second-order valence-electron chi connectivity index (χ2n) is 6.21. The molecule has 1 aliphatic heterocycles. The van der Waals surface area contributed by atoms with Crippen molar-refractivity contribution in [1.82, 2.24) is 19.6 Å². The quantitative estimate of drug-likeness (QED) is 0.938. The minimum atomic E-state index is 0.618. The summed E-state index contributed by atoms with van der Waals surface area (Å²) in [7, 11) is 0. The van der Waals surface area contributed by atoms with Gasteiger partial charge in [-0.2, -0.15) is 0 Å². The van der Waals surface area contributed by atoms with Crippen LogP contribution in [0.25, 0.3) is 5.65 Å². The monoisotopic (exact) mass is 286 g/mol. The highest BCUT2D eigenvalue weighted by molar-refractivity contribution is 5.41. The van der Waals surface area contributed by atoms with E-state index >= 15 is 0 Å². The van der Waals surface area contributed by atoms with Crippen LogP contribution in [-0.4, -0.2) is 39.5 Å². The molecule has 21 heavy (non-hydrogen) atoms. The second-order valence-corrected chi connectivity index (χ2v) is 6.21. The molecule has 3 heterocycles. The molecule has 114 valence electrons. The Balaban J connectivity index is 1.78. The zero-order valence-corrected chi connectivity index (χ0v) is 13.3. The minimum Gasteiger partial charge on any atom is -0.311 e. The zero-order valence-electron chi connectivity index (χ0n) is 13.3. The Morgan fingerprint density at radius 1 is 1.24 bits per heavy atom. The van der Waals surface area contributed by atoms with E-state index in [4.69, 9.17) is 4.98 Å². The molecule has 0 bridgehead atoms. The van der Waals surface area contributed by atoms with E-state index in [1.807, 2.05) is 0 Å². The second kappa shape index (κ2) is 6.16. The third-order valence-corrected chi connectivity index (χ3v) is 4.59. The van der Waals surface area contributed by atoms with E-state index in [0.717, 1.165) is 25.3 Å². The van der Waals surface area contributed by atoms with E-state index in [9.17, 15) is 0 Å². The molecule has 0 amide bonds. The number of pyridine rings is 1. The molecule has 1 saturated heterocycles. The van der Waals surface area contributed by atoms with Gasteiger partial charge in [0.25, 0.3) is 0 Å². The number of nitrogens with one attached hydrogen (secondary N) is 1. The molecule has 0 aliphatic carbocycles. The number of imidazole rings is 1. The molecule has 2 atom stereocenters. The maximum absolute atomic E-state index is 4.77. The van der Waals surface area contributed by atoms with Crippen molar-refractivity contribution in [2.24, 2.45) is 0 Å². The fourth-order valence-electron chi connectivity index (χ4n) is 3.24. The normalized spacial score (nSPS) is 23.8. The molecule has 1 N–H and O–H groups in total. The lowest BCUT2D eigenvalue weighted by Crippen LogP contribution is -2.55. The first-order valence-corrected chi connectivity index (χ1v) is 8.11. The van der Waals surface area contributed by atoms with Crippen molar-refractivity contribution in [2.45, 2.75) is 52.2 Å². The Kier molecular flexibility index (Phi) is 4.27. The summed E-state index contributed by atoms with van der Waals surface area (Å²) in [6.07, 6.45) is 6.71. The van der Waals surface area contributed by atoms with Gasteiger partial charge in [-0.15, -0.1) is 0 Å². The van der Waals surface area contributed by atoms with Crippen LogP contribution in [0, 0.1) is 6.92 Å². The molecule has 0 aromatic carbocycles. The third-order valence-electron chi connectivity index (χ3n) is 4.59. The van der Waals surface area contributed by atoms with Gasteiger partial charge >= 0.3 is 0 Å². The van der Waals surface area contributed by atoms with Crippen LogP contribution in [0.5, 0.6) is 0 Å². The number of hydrogen-bond donors (Lipinski definition) is 1. The first kappa shape index (κ1) is 14.5. The smallest absolute Gasteiger partial charge is 0.137 e. The first-order valence-electron chi connectivity index (χ1n) is 8.11. The van der Waals surface area contributed by atoms with Gasteiger partial charge in [-0.3, -0.25) is 4.90 Å². The van der Waals surface area contributed by atoms with Crippen LogP contribution in [0.2, 0.25) is 0 Å². The van der Waals surface area contributed by atoms with Crippen molar-refractivity contribution in [3.05, 3.63) is 35.8 Å². The van der Waals surface area contributed by atoms with E-state index in [1.54, 1.807) is 0 Å². The average Bonchev–Trinajstić information content (AvgIpc) is 2.88. The summed E-state index contributed by atoms with van der Waals surface area (Å²) in [5.41, 5.74) is 3.49. The van der Waals surface area contributed by atoms with Crippen LogP contribution in [0.3, 0.4) is 0 Å². The van der Waals surface area contributed by atoms with Gasteiger partial charge in [0.1, 0.15) is 5.65 Å². The molecular formula is C17H26N4. The lowest BCUT2D eigenvalue weighted by atomic mass is 10.1. The highest BCUT2D eigenvalue weighted by Crippen LogP contribution is 2.16. The number of aromatic nitrogens is 2. The number of hydrogen-bond acceptors (Lipinski definition) is 3. The highest BCUT2D eigenvalue weighted by atomic mass is 15.2. The van der Waals surface area contributed by atoms with E-state index in [-0.39, 0.29) is 0 Å². The molecule has 3 rings (SSSR count). The minimum absolute atomic E-state index is 0.618. The van der Waals surface area contributed by atoms with Gasteiger partial charge in [-0.05, 0) is 31.4 Å². The maximum atomic E-state index is 4.77. The Bertz CT molecular complexity index is 604. The summed E-state index contributed by atoms with van der Waals surface area (Å²) in [6, 6.07) is 5.47. The molecule has 4 nitrogen and oxygen atoms in total. The summed E-state index contributed by atoms with van der Waals surface area (Å²) in [4.78, 5) is 7.36. The number of nitrogens with zero attached hydrogens (tertiary/aromatic N) is 3. The van der Waals surface area contributed by atoms with Gasteiger partial charge in [0.2, 0.25) is 0 Å². The van der Waals surface area contributed by atoms with E-state index in [0.29, 0.717) is 12.1 Å². The SMILES string of the molecule is CCC1CN(Cc2cn3cc(C)ccc3n2)C(CC)CN1. The molecule has 1 aliphatic rings. The standard InChI is InChI=1S/C17H26N4/c1-4-14-10-20(16(5-2)8-18-14)11-15-12-21-9-13(3)6-7-17(21)19-15/h6-7,9,12,14,16,18H,4-5,8,10-11H2,1-3H3. The molecule has 0 saturated carbocycles. The van der Waals surface area contributed by atoms with Crippen LogP contribution in [0.1, 0.15) is 37.9 Å². The van der Waals surface area contributed by atoms with Crippen molar-refractivity contribution >= 4 is 5.65 Å². The lowest BCUT2D eigenvalue weighted by molar-refractivity contribution is 0.116. The summed E-state index contributed by atoms with van der Waals surface area (Å²) >= 11 is 0. The fourth-order valence-corrected chi connectivity index (χ4v) is 3.24. The van der Waals surface area contributed by atoms with Gasteiger partial charge < -0.3 is 9.72 Å². The predicted octanol–water partition coefficient (Wildman–Crippen LogP) is 2.61. The number of rotatable bonds is 4. The largest absolute Gasteiger partial charge is 0.311 e. The molecule has 2 aromatic rings. The van der Waals surface area contributed by atoms with Gasteiger partial charge in [0.15, 0.2) is 0 Å². The topological polar surface area (TPSA) is 32.6 Å². The third kappa shape index (κ3) is 3.11. The van der Waals surface area contributed by atoms with Crippen molar-refractivity contribution < 1.29 is 0 Å².